The van der Waals surface area contributed by atoms with Crippen LogP contribution in [-0.2, 0) is 30.3 Å². The number of ether oxygens (including phenoxy) is 2. The molecular weight excluding hydrogens is 655 g/mol. The number of nitrogens with two attached hydrogens (primary N) is 1. The highest BCUT2D eigenvalue weighted by Crippen LogP contribution is 2.31. The van der Waals surface area contributed by atoms with E-state index in [2.05, 4.69) is 41.6 Å². The smallest absolute Gasteiger partial charge is 0.303 e. The second-order valence-corrected chi connectivity index (χ2v) is 14.4. The summed E-state index contributed by atoms with van der Waals surface area (Å²) in [4.78, 5) is 55.0. The van der Waals surface area contributed by atoms with Crippen molar-refractivity contribution >= 4 is 35.0 Å². The van der Waals surface area contributed by atoms with Gasteiger partial charge in [-0.2, -0.15) is 0 Å². The van der Waals surface area contributed by atoms with Crippen LogP contribution in [0.15, 0.2) is 35.7 Å². The number of amides is 3. The molecule has 4 N–H and O–H groups in total. The maximum Gasteiger partial charge on any atom is 0.303 e. The number of nitrogens with one attached hydrogen (secondary N) is 2. The molecule has 0 aliphatic rings. The molecule has 1 aromatic heterocycles. The number of thiazole rings is 1. The van der Waals surface area contributed by atoms with Crippen molar-refractivity contribution in [3.63, 3.8) is 0 Å². The molecule has 0 saturated carbocycles. The second-order valence-electron chi connectivity index (χ2n) is 13.5. The van der Waals surface area contributed by atoms with E-state index in [0.29, 0.717) is 35.9 Å². The lowest BCUT2D eigenvalue weighted by molar-refractivity contribution is -0.150. The largest absolute Gasteiger partial charge is 0.455 e. The topological polar surface area (TPSA) is 153 Å². The maximum atomic E-state index is 13.3. The first-order chi connectivity index (χ1) is 23.8. The van der Waals surface area contributed by atoms with Gasteiger partial charge in [-0.1, -0.05) is 77.8 Å². The van der Waals surface area contributed by atoms with Crippen LogP contribution in [0.25, 0.3) is 0 Å². The summed E-state index contributed by atoms with van der Waals surface area (Å²) >= 11 is 1.29. The first-order valence-electron chi connectivity index (χ1n) is 18.0. The predicted octanol–water partition coefficient (Wildman–Crippen LogP) is 6.42. The van der Waals surface area contributed by atoms with Gasteiger partial charge >= 0.3 is 5.97 Å². The molecule has 1 heterocycles. The minimum atomic E-state index is -0.689. The van der Waals surface area contributed by atoms with Crippen molar-refractivity contribution in [3.8, 4) is 0 Å². The molecule has 2 rings (SSSR count). The lowest BCUT2D eigenvalue weighted by Crippen LogP contribution is -2.45. The molecular formula is C38H63N5O6S. The Labute approximate surface area is 304 Å². The van der Waals surface area contributed by atoms with E-state index in [0.717, 1.165) is 57.1 Å². The molecule has 0 bridgehead atoms. The summed E-state index contributed by atoms with van der Waals surface area (Å²) in [6.45, 7) is 12.9. The molecule has 3 unspecified atom stereocenters. The van der Waals surface area contributed by atoms with Gasteiger partial charge in [-0.05, 0) is 63.1 Å². The van der Waals surface area contributed by atoms with Crippen LogP contribution in [0, 0.1) is 11.8 Å². The molecule has 0 fully saturated rings. The minimum absolute atomic E-state index is 0.0118. The van der Waals surface area contributed by atoms with Crippen LogP contribution < -0.4 is 16.4 Å². The fraction of sp³-hybridized carbons (Fsp3) is 0.658. The van der Waals surface area contributed by atoms with Gasteiger partial charge in [0.2, 0.25) is 11.8 Å². The van der Waals surface area contributed by atoms with Gasteiger partial charge in [0.25, 0.3) is 5.91 Å². The van der Waals surface area contributed by atoms with Crippen molar-refractivity contribution in [2.45, 2.75) is 124 Å². The number of benzene rings is 1. The first kappa shape index (κ1) is 44.7. The molecule has 1 aromatic carbocycles. The van der Waals surface area contributed by atoms with Gasteiger partial charge in [0.05, 0.1) is 0 Å². The van der Waals surface area contributed by atoms with E-state index in [1.807, 2.05) is 46.0 Å². The van der Waals surface area contributed by atoms with Gasteiger partial charge in [0, 0.05) is 50.8 Å². The summed E-state index contributed by atoms with van der Waals surface area (Å²) in [6, 6.07) is 9.84. The van der Waals surface area contributed by atoms with E-state index in [9.17, 15) is 19.2 Å². The number of carbonyl (C=O) groups is 4. The average molecular weight is 718 g/mol. The van der Waals surface area contributed by atoms with Crippen LogP contribution in [0.3, 0.4) is 0 Å². The zero-order valence-corrected chi connectivity index (χ0v) is 32.5. The Morgan fingerprint density at radius 2 is 1.68 bits per heavy atom. The molecule has 3 amide bonds. The molecule has 0 radical (unpaired) electrons. The Balaban J connectivity index is 0.00000108. The van der Waals surface area contributed by atoms with Crippen LogP contribution in [0.2, 0.25) is 0 Å². The van der Waals surface area contributed by atoms with Crippen molar-refractivity contribution in [2.75, 3.05) is 27.4 Å². The molecule has 50 heavy (non-hydrogen) atoms. The lowest BCUT2D eigenvalue weighted by Gasteiger charge is -2.35. The third-order valence-electron chi connectivity index (χ3n) is 8.06. The molecule has 2 aromatic rings. The van der Waals surface area contributed by atoms with Crippen LogP contribution in [-0.4, -0.2) is 73.1 Å². The van der Waals surface area contributed by atoms with E-state index >= 15 is 0 Å². The number of primary amides is 1. The summed E-state index contributed by atoms with van der Waals surface area (Å²) < 4.78 is 11.1. The van der Waals surface area contributed by atoms with Gasteiger partial charge in [-0.25, -0.2) is 4.98 Å². The number of carbonyl (C=O) groups excluding carboxylic acids is 4. The predicted molar refractivity (Wildman–Crippen MR) is 201 cm³/mol. The fourth-order valence-electron chi connectivity index (χ4n) is 5.58. The number of aromatic nitrogens is 1. The number of hydrogen-bond donors (Lipinski definition) is 3. The Bertz CT molecular complexity index is 1260. The highest BCUT2D eigenvalue weighted by Gasteiger charge is 2.32. The second kappa shape index (κ2) is 25.6. The van der Waals surface area contributed by atoms with Crippen molar-refractivity contribution in [2.24, 2.45) is 17.6 Å². The van der Waals surface area contributed by atoms with Gasteiger partial charge in [-0.15, -0.1) is 11.3 Å². The molecule has 11 nitrogen and oxygen atoms in total. The summed E-state index contributed by atoms with van der Waals surface area (Å²) in [5, 5.41) is 8.45. The zero-order chi connectivity index (χ0) is 37.5. The molecule has 12 heteroatoms. The molecule has 0 spiro atoms. The number of nitrogens with zero attached hydrogens (tertiary/aromatic N) is 2. The summed E-state index contributed by atoms with van der Waals surface area (Å²) in [7, 11) is 3.49. The monoisotopic (exact) mass is 717 g/mol. The third kappa shape index (κ3) is 18.6. The normalized spacial score (nSPS) is 12.8. The van der Waals surface area contributed by atoms with E-state index in [1.165, 1.54) is 18.3 Å². The Hall–Kier alpha value is -3.35. The molecule has 0 aliphatic carbocycles. The number of rotatable bonds is 23. The van der Waals surface area contributed by atoms with Crippen molar-refractivity contribution in [1.82, 2.24) is 20.5 Å². The quantitative estimate of drug-likeness (QED) is 0.0676. The summed E-state index contributed by atoms with van der Waals surface area (Å²) in [5.41, 5.74) is 6.41. The van der Waals surface area contributed by atoms with Crippen molar-refractivity contribution < 1.29 is 28.7 Å². The minimum Gasteiger partial charge on any atom is -0.455 e. The van der Waals surface area contributed by atoms with Crippen molar-refractivity contribution in [3.05, 3.63) is 52.0 Å². The molecule has 0 aliphatic heterocycles. The SMILES string of the molecule is CCCCC(=O)N(COC)C(CC(OC(C)=O)c1nc(C(=O)NC(Cc2ccccc2)CC(C)C)cs1)C(C)C.CNCCCCCC(N)=O. The Morgan fingerprint density at radius 3 is 2.24 bits per heavy atom. The number of unbranched alkanes of at least 4 members (excludes halogenated alkanes) is 3. The summed E-state index contributed by atoms with van der Waals surface area (Å²) in [6.07, 6.45) is 7.06. The van der Waals surface area contributed by atoms with E-state index in [-0.39, 0.29) is 42.5 Å². The lowest BCUT2D eigenvalue weighted by atomic mass is 9.95. The maximum absolute atomic E-state index is 13.3. The fourth-order valence-corrected chi connectivity index (χ4v) is 6.42. The molecule has 3 atom stereocenters. The van der Waals surface area contributed by atoms with Crippen LogP contribution in [0.5, 0.6) is 0 Å². The number of esters is 1. The van der Waals surface area contributed by atoms with E-state index < -0.39 is 12.1 Å². The molecule has 0 saturated heterocycles. The van der Waals surface area contributed by atoms with Gasteiger partial charge < -0.3 is 30.7 Å². The first-order valence-corrected chi connectivity index (χ1v) is 18.9. The number of hydrogen-bond acceptors (Lipinski definition) is 9. The van der Waals surface area contributed by atoms with Crippen LogP contribution in [0.1, 0.15) is 126 Å². The van der Waals surface area contributed by atoms with E-state index in [4.69, 9.17) is 15.2 Å². The van der Waals surface area contributed by atoms with Crippen LogP contribution >= 0.6 is 11.3 Å². The van der Waals surface area contributed by atoms with Crippen LogP contribution in [0.4, 0.5) is 0 Å². The van der Waals surface area contributed by atoms with Gasteiger partial charge in [-0.3, -0.25) is 19.2 Å². The molecule has 282 valence electrons. The zero-order valence-electron chi connectivity index (χ0n) is 31.7. The number of methoxy groups -OCH3 is 1. The Kier molecular flexibility index (Phi) is 22.9. The average Bonchev–Trinajstić information content (AvgIpc) is 3.55. The standard InChI is InChI=1S/C31H47N3O5S.C7H16N2O/c1-8-9-15-29(36)34(20-38-7)27(22(4)5)18-28(39-23(6)35)31-33-26(19-40-31)30(37)32-25(16-21(2)3)17-24-13-11-10-12-14-24;1-9-6-4-2-3-5-7(8)10/h10-14,19,21-22,25,27-28H,8-9,15-18,20H2,1-7H3,(H,32,37);9H,2-6H2,1H3,(H2,8,10). The highest BCUT2D eigenvalue weighted by atomic mass is 32.1. The summed E-state index contributed by atoms with van der Waals surface area (Å²) in [5.74, 6) is -0.374. The van der Waals surface area contributed by atoms with E-state index in [1.54, 1.807) is 17.4 Å². The highest BCUT2D eigenvalue weighted by molar-refractivity contribution is 7.09. The Morgan fingerprint density at radius 1 is 0.980 bits per heavy atom. The van der Waals surface area contributed by atoms with Crippen molar-refractivity contribution in [1.29, 1.82) is 0 Å². The van der Waals surface area contributed by atoms with Gasteiger partial charge in [0.15, 0.2) is 6.10 Å². The van der Waals surface area contributed by atoms with Gasteiger partial charge in [0.1, 0.15) is 17.4 Å². The third-order valence-corrected chi connectivity index (χ3v) is 9.00.